The number of aliphatic hydroxyl groups is 1. The SMILES string of the molecule is COc1cccc(C(O)CNc2ccsc2)c1. The molecular weight excluding hydrogens is 234 g/mol. The highest BCUT2D eigenvalue weighted by atomic mass is 32.1. The van der Waals surface area contributed by atoms with Gasteiger partial charge in [0, 0.05) is 17.6 Å². The van der Waals surface area contributed by atoms with Gasteiger partial charge in [-0.25, -0.2) is 0 Å². The van der Waals surface area contributed by atoms with Crippen molar-refractivity contribution < 1.29 is 9.84 Å². The van der Waals surface area contributed by atoms with E-state index in [-0.39, 0.29) is 0 Å². The third kappa shape index (κ3) is 3.22. The van der Waals surface area contributed by atoms with Crippen LogP contribution in [0.25, 0.3) is 0 Å². The maximum Gasteiger partial charge on any atom is 0.119 e. The second-order valence-electron chi connectivity index (χ2n) is 3.69. The Labute approximate surface area is 105 Å². The Morgan fingerprint density at radius 1 is 1.41 bits per heavy atom. The molecule has 1 atom stereocenters. The summed E-state index contributed by atoms with van der Waals surface area (Å²) in [6.07, 6.45) is -0.537. The summed E-state index contributed by atoms with van der Waals surface area (Å²) in [7, 11) is 1.62. The number of hydrogen-bond acceptors (Lipinski definition) is 4. The summed E-state index contributed by atoms with van der Waals surface area (Å²) in [5, 5.41) is 17.2. The minimum absolute atomic E-state index is 0.490. The number of ether oxygens (including phenoxy) is 1. The first-order valence-corrected chi connectivity index (χ1v) is 6.32. The number of rotatable bonds is 5. The van der Waals surface area contributed by atoms with Gasteiger partial charge >= 0.3 is 0 Å². The first-order chi connectivity index (χ1) is 8.29. The molecule has 0 spiro atoms. The number of benzene rings is 1. The van der Waals surface area contributed by atoms with Gasteiger partial charge in [0.15, 0.2) is 0 Å². The van der Waals surface area contributed by atoms with Crippen molar-refractivity contribution in [2.24, 2.45) is 0 Å². The van der Waals surface area contributed by atoms with Gasteiger partial charge in [-0.1, -0.05) is 12.1 Å². The van der Waals surface area contributed by atoms with Crippen LogP contribution in [0.4, 0.5) is 5.69 Å². The number of aliphatic hydroxyl groups excluding tert-OH is 1. The van der Waals surface area contributed by atoms with Crippen LogP contribution in [0.2, 0.25) is 0 Å². The minimum atomic E-state index is -0.537. The molecule has 3 nitrogen and oxygen atoms in total. The predicted octanol–water partition coefficient (Wildman–Crippen LogP) is 2.90. The maximum atomic E-state index is 10.0. The van der Waals surface area contributed by atoms with Gasteiger partial charge in [-0.05, 0) is 29.1 Å². The van der Waals surface area contributed by atoms with Crippen molar-refractivity contribution in [2.75, 3.05) is 19.0 Å². The average Bonchev–Trinajstić information content (AvgIpc) is 2.89. The van der Waals surface area contributed by atoms with Crippen LogP contribution >= 0.6 is 11.3 Å². The molecule has 4 heteroatoms. The highest BCUT2D eigenvalue weighted by molar-refractivity contribution is 7.08. The molecule has 0 saturated heterocycles. The third-order valence-corrected chi connectivity index (χ3v) is 3.18. The second-order valence-corrected chi connectivity index (χ2v) is 4.47. The molecule has 0 amide bonds. The van der Waals surface area contributed by atoms with Crippen molar-refractivity contribution in [3.63, 3.8) is 0 Å². The molecule has 0 aliphatic heterocycles. The van der Waals surface area contributed by atoms with Gasteiger partial charge < -0.3 is 15.2 Å². The van der Waals surface area contributed by atoms with E-state index in [9.17, 15) is 5.11 Å². The average molecular weight is 249 g/mol. The van der Waals surface area contributed by atoms with Crippen LogP contribution in [0.5, 0.6) is 5.75 Å². The first-order valence-electron chi connectivity index (χ1n) is 5.37. The minimum Gasteiger partial charge on any atom is -0.497 e. The number of hydrogen-bond donors (Lipinski definition) is 2. The maximum absolute atomic E-state index is 10.0. The van der Waals surface area contributed by atoms with Crippen LogP contribution in [0.3, 0.4) is 0 Å². The Balaban J connectivity index is 1.96. The third-order valence-electron chi connectivity index (χ3n) is 2.50. The fourth-order valence-corrected chi connectivity index (χ4v) is 2.16. The molecule has 0 fully saturated rings. The van der Waals surface area contributed by atoms with Crippen LogP contribution < -0.4 is 10.1 Å². The summed E-state index contributed by atoms with van der Waals surface area (Å²) in [5.74, 6) is 0.761. The molecule has 1 aromatic carbocycles. The molecule has 1 unspecified atom stereocenters. The van der Waals surface area contributed by atoms with Crippen LogP contribution in [0.1, 0.15) is 11.7 Å². The van der Waals surface area contributed by atoms with E-state index in [1.54, 1.807) is 18.4 Å². The molecule has 2 N–H and O–H groups in total. The van der Waals surface area contributed by atoms with Gasteiger partial charge in [-0.3, -0.25) is 0 Å². The molecule has 2 aromatic rings. The van der Waals surface area contributed by atoms with Gasteiger partial charge in [-0.15, -0.1) is 0 Å². The molecule has 0 saturated carbocycles. The number of anilines is 1. The fraction of sp³-hybridized carbons (Fsp3) is 0.231. The normalized spacial score (nSPS) is 12.1. The smallest absolute Gasteiger partial charge is 0.119 e. The van der Waals surface area contributed by atoms with E-state index in [2.05, 4.69) is 5.32 Å². The molecule has 17 heavy (non-hydrogen) atoms. The van der Waals surface area contributed by atoms with Crippen LogP contribution in [0.15, 0.2) is 41.1 Å². The standard InChI is InChI=1S/C13H15NO2S/c1-16-12-4-2-3-10(7-12)13(15)8-14-11-5-6-17-9-11/h2-7,9,13-15H,8H2,1H3. The van der Waals surface area contributed by atoms with Crippen molar-refractivity contribution in [2.45, 2.75) is 6.10 Å². The summed E-state index contributed by atoms with van der Waals surface area (Å²) in [6, 6.07) is 9.47. The van der Waals surface area contributed by atoms with E-state index in [0.717, 1.165) is 17.0 Å². The van der Waals surface area contributed by atoms with Crippen molar-refractivity contribution >= 4 is 17.0 Å². The monoisotopic (exact) mass is 249 g/mol. The van der Waals surface area contributed by atoms with E-state index in [1.165, 1.54) is 0 Å². The van der Waals surface area contributed by atoms with Crippen LogP contribution in [-0.2, 0) is 0 Å². The summed E-state index contributed by atoms with van der Waals surface area (Å²) >= 11 is 1.63. The van der Waals surface area contributed by atoms with Crippen molar-refractivity contribution in [1.82, 2.24) is 0 Å². The zero-order valence-corrected chi connectivity index (χ0v) is 10.4. The topological polar surface area (TPSA) is 41.5 Å². The lowest BCUT2D eigenvalue weighted by Crippen LogP contribution is -2.11. The molecule has 1 aromatic heterocycles. The molecule has 1 heterocycles. The van der Waals surface area contributed by atoms with Crippen molar-refractivity contribution in [3.8, 4) is 5.75 Å². The number of methoxy groups -OCH3 is 1. The van der Waals surface area contributed by atoms with Crippen molar-refractivity contribution in [1.29, 1.82) is 0 Å². The van der Waals surface area contributed by atoms with Gasteiger partial charge in [0.2, 0.25) is 0 Å². The number of nitrogens with one attached hydrogen (secondary N) is 1. The van der Waals surface area contributed by atoms with Gasteiger partial charge in [-0.2, -0.15) is 11.3 Å². The molecule has 0 radical (unpaired) electrons. The van der Waals surface area contributed by atoms with E-state index < -0.39 is 6.10 Å². The zero-order valence-electron chi connectivity index (χ0n) is 9.59. The fourth-order valence-electron chi connectivity index (χ4n) is 1.55. The predicted molar refractivity (Wildman–Crippen MR) is 70.8 cm³/mol. The highest BCUT2D eigenvalue weighted by Crippen LogP contribution is 2.20. The molecule has 90 valence electrons. The largest absolute Gasteiger partial charge is 0.497 e. The zero-order chi connectivity index (χ0) is 12.1. The summed E-state index contributed by atoms with van der Waals surface area (Å²) in [4.78, 5) is 0. The van der Waals surface area contributed by atoms with Crippen LogP contribution in [0, 0.1) is 0 Å². The van der Waals surface area contributed by atoms with E-state index in [4.69, 9.17) is 4.74 Å². The van der Waals surface area contributed by atoms with E-state index >= 15 is 0 Å². The summed E-state index contributed by atoms with van der Waals surface area (Å²) in [6.45, 7) is 0.490. The lowest BCUT2D eigenvalue weighted by molar-refractivity contribution is 0.191. The van der Waals surface area contributed by atoms with Gasteiger partial charge in [0.25, 0.3) is 0 Å². The highest BCUT2D eigenvalue weighted by Gasteiger charge is 2.08. The Hall–Kier alpha value is -1.52. The Morgan fingerprint density at radius 2 is 2.29 bits per heavy atom. The Morgan fingerprint density at radius 3 is 3.00 bits per heavy atom. The van der Waals surface area contributed by atoms with E-state index in [1.807, 2.05) is 41.1 Å². The first kappa shape index (κ1) is 12.0. The molecule has 2 rings (SSSR count). The van der Waals surface area contributed by atoms with E-state index in [0.29, 0.717) is 6.54 Å². The lowest BCUT2D eigenvalue weighted by Gasteiger charge is -2.13. The molecular formula is C13H15NO2S. The summed E-state index contributed by atoms with van der Waals surface area (Å²) in [5.41, 5.74) is 1.89. The summed E-state index contributed by atoms with van der Waals surface area (Å²) < 4.78 is 5.13. The lowest BCUT2D eigenvalue weighted by atomic mass is 10.1. The Kier molecular flexibility index (Phi) is 4.01. The van der Waals surface area contributed by atoms with Gasteiger partial charge in [0.1, 0.15) is 5.75 Å². The van der Waals surface area contributed by atoms with Gasteiger partial charge in [0.05, 0.1) is 13.2 Å². The van der Waals surface area contributed by atoms with Crippen molar-refractivity contribution in [3.05, 3.63) is 46.7 Å². The Bertz CT molecular complexity index is 456. The molecule has 0 aliphatic rings. The number of thiophene rings is 1. The second kappa shape index (κ2) is 5.70. The quantitative estimate of drug-likeness (QED) is 0.856. The molecule has 0 bridgehead atoms. The van der Waals surface area contributed by atoms with Crippen LogP contribution in [-0.4, -0.2) is 18.8 Å². The molecule has 0 aliphatic carbocycles.